The van der Waals surface area contributed by atoms with Crippen molar-refractivity contribution < 1.29 is 14.3 Å². The number of rotatable bonds is 5. The number of hydrogen-bond donors (Lipinski definition) is 0. The molecule has 0 radical (unpaired) electrons. The van der Waals surface area contributed by atoms with E-state index in [2.05, 4.69) is 34.1 Å². The van der Waals surface area contributed by atoms with Crippen molar-refractivity contribution in [3.05, 3.63) is 42.1 Å². The zero-order valence-electron chi connectivity index (χ0n) is 14.4. The Kier molecular flexibility index (Phi) is 4.65. The van der Waals surface area contributed by atoms with E-state index in [1.165, 1.54) is 5.56 Å². The van der Waals surface area contributed by atoms with Crippen LogP contribution in [0, 0.1) is 0 Å². The third-order valence-electron chi connectivity index (χ3n) is 5.06. The van der Waals surface area contributed by atoms with E-state index in [1.54, 1.807) is 7.11 Å². The predicted octanol–water partition coefficient (Wildman–Crippen LogP) is 1.29. The molecule has 1 aromatic carbocycles. The molecule has 3 heterocycles. The van der Waals surface area contributed by atoms with Gasteiger partial charge in [-0.2, -0.15) is 0 Å². The summed E-state index contributed by atoms with van der Waals surface area (Å²) in [6.07, 6.45) is 1.91. The number of amides is 1. The first kappa shape index (κ1) is 16.4. The zero-order valence-corrected chi connectivity index (χ0v) is 14.4. The van der Waals surface area contributed by atoms with Crippen molar-refractivity contribution in [3.63, 3.8) is 0 Å². The zero-order chi connectivity index (χ0) is 17.2. The molecule has 1 aromatic heterocycles. The minimum Gasteiger partial charge on any atom is -0.383 e. The number of fused-ring (bicyclic) bond motifs is 2. The topological polar surface area (TPSA) is 54.9 Å². The van der Waals surface area contributed by atoms with Crippen molar-refractivity contribution >= 4 is 16.8 Å². The van der Waals surface area contributed by atoms with E-state index < -0.39 is 0 Å². The van der Waals surface area contributed by atoms with Crippen LogP contribution in [0.4, 0.5) is 0 Å². The van der Waals surface area contributed by atoms with E-state index in [9.17, 15) is 4.79 Å². The summed E-state index contributed by atoms with van der Waals surface area (Å²) in [5, 5.41) is 1.16. The molecule has 2 atom stereocenters. The monoisotopic (exact) mass is 341 g/mol. The van der Waals surface area contributed by atoms with Crippen LogP contribution in [0.25, 0.3) is 10.9 Å². The lowest BCUT2D eigenvalue weighted by atomic mass is 10.1. The SMILES string of the molecule is COCCN1C(=O)CO[C@H]2CN(Cc3ccc4ncccc4c3)C[C@@H]21. The van der Waals surface area contributed by atoms with Crippen LogP contribution in [0.3, 0.4) is 0 Å². The van der Waals surface area contributed by atoms with E-state index in [1.807, 2.05) is 17.2 Å². The largest absolute Gasteiger partial charge is 0.383 e. The van der Waals surface area contributed by atoms with Gasteiger partial charge in [0.05, 0.1) is 24.3 Å². The minimum absolute atomic E-state index is 0.0666. The Morgan fingerprint density at radius 1 is 1.32 bits per heavy atom. The fraction of sp³-hybridized carbons (Fsp3) is 0.474. The Labute approximate surface area is 147 Å². The van der Waals surface area contributed by atoms with Crippen LogP contribution >= 0.6 is 0 Å². The first-order chi connectivity index (χ1) is 12.2. The normalized spacial score (nSPS) is 24.0. The Morgan fingerprint density at radius 2 is 2.24 bits per heavy atom. The highest BCUT2D eigenvalue weighted by atomic mass is 16.5. The highest BCUT2D eigenvalue weighted by Crippen LogP contribution is 2.25. The molecule has 25 heavy (non-hydrogen) atoms. The summed E-state index contributed by atoms with van der Waals surface area (Å²) in [6.45, 7) is 3.92. The quantitative estimate of drug-likeness (QED) is 0.820. The van der Waals surface area contributed by atoms with Gasteiger partial charge in [-0.25, -0.2) is 0 Å². The summed E-state index contributed by atoms with van der Waals surface area (Å²) >= 11 is 0. The number of hydrogen-bond acceptors (Lipinski definition) is 5. The predicted molar refractivity (Wildman–Crippen MR) is 94.1 cm³/mol. The van der Waals surface area contributed by atoms with Gasteiger partial charge in [-0.1, -0.05) is 12.1 Å². The molecule has 4 rings (SSSR count). The lowest BCUT2D eigenvalue weighted by Gasteiger charge is -2.36. The Morgan fingerprint density at radius 3 is 3.12 bits per heavy atom. The molecule has 0 N–H and O–H groups in total. The molecule has 2 saturated heterocycles. The lowest BCUT2D eigenvalue weighted by molar-refractivity contribution is -0.153. The molecule has 6 nitrogen and oxygen atoms in total. The van der Waals surface area contributed by atoms with Crippen molar-refractivity contribution in [2.24, 2.45) is 0 Å². The average Bonchev–Trinajstić information content (AvgIpc) is 3.03. The highest BCUT2D eigenvalue weighted by Gasteiger charge is 2.42. The van der Waals surface area contributed by atoms with Crippen molar-refractivity contribution in [2.45, 2.75) is 18.7 Å². The van der Waals surface area contributed by atoms with Crippen molar-refractivity contribution in [3.8, 4) is 0 Å². The van der Waals surface area contributed by atoms with Gasteiger partial charge in [0, 0.05) is 44.9 Å². The number of benzene rings is 1. The molecule has 132 valence electrons. The van der Waals surface area contributed by atoms with Gasteiger partial charge in [-0.05, 0) is 23.8 Å². The molecule has 2 fully saturated rings. The molecule has 0 aliphatic carbocycles. The molecule has 6 heteroatoms. The van der Waals surface area contributed by atoms with Crippen molar-refractivity contribution in [1.29, 1.82) is 0 Å². The van der Waals surface area contributed by atoms with Crippen LogP contribution in [0.1, 0.15) is 5.56 Å². The molecule has 0 unspecified atom stereocenters. The molecule has 0 spiro atoms. The number of nitrogens with zero attached hydrogens (tertiary/aromatic N) is 3. The number of likely N-dealkylation sites (tertiary alicyclic amines) is 1. The number of aromatic nitrogens is 1. The Balaban J connectivity index is 1.46. The van der Waals surface area contributed by atoms with Crippen LogP contribution in [0.5, 0.6) is 0 Å². The molecular weight excluding hydrogens is 318 g/mol. The third-order valence-corrected chi connectivity index (χ3v) is 5.06. The maximum absolute atomic E-state index is 12.2. The highest BCUT2D eigenvalue weighted by molar-refractivity contribution is 5.79. The van der Waals surface area contributed by atoms with Crippen molar-refractivity contribution in [1.82, 2.24) is 14.8 Å². The maximum Gasteiger partial charge on any atom is 0.249 e. The molecule has 2 aliphatic rings. The fourth-order valence-corrected chi connectivity index (χ4v) is 3.83. The second-order valence-corrected chi connectivity index (χ2v) is 6.72. The van der Waals surface area contributed by atoms with Gasteiger partial charge in [0.25, 0.3) is 0 Å². The summed E-state index contributed by atoms with van der Waals surface area (Å²) in [7, 11) is 1.66. The van der Waals surface area contributed by atoms with Gasteiger partial charge in [0.2, 0.25) is 5.91 Å². The van der Waals surface area contributed by atoms with E-state index in [-0.39, 0.29) is 24.7 Å². The molecule has 0 saturated carbocycles. The van der Waals surface area contributed by atoms with E-state index >= 15 is 0 Å². The first-order valence-corrected chi connectivity index (χ1v) is 8.70. The Hall–Kier alpha value is -2.02. The minimum atomic E-state index is 0.0666. The number of carbonyl (C=O) groups excluding carboxylic acids is 1. The van der Waals surface area contributed by atoms with Gasteiger partial charge in [-0.3, -0.25) is 14.7 Å². The maximum atomic E-state index is 12.2. The fourth-order valence-electron chi connectivity index (χ4n) is 3.83. The summed E-state index contributed by atoms with van der Waals surface area (Å²) in [5.41, 5.74) is 2.27. The van der Waals surface area contributed by atoms with Crippen LogP contribution < -0.4 is 0 Å². The van der Waals surface area contributed by atoms with E-state index in [0.717, 1.165) is 30.5 Å². The number of carbonyl (C=O) groups is 1. The van der Waals surface area contributed by atoms with Gasteiger partial charge in [0.1, 0.15) is 6.61 Å². The number of pyridine rings is 1. The molecule has 2 aliphatic heterocycles. The number of morpholine rings is 1. The van der Waals surface area contributed by atoms with Crippen LogP contribution in [-0.2, 0) is 20.8 Å². The second-order valence-electron chi connectivity index (χ2n) is 6.72. The smallest absolute Gasteiger partial charge is 0.249 e. The molecule has 0 bridgehead atoms. The lowest BCUT2D eigenvalue weighted by Crippen LogP contribution is -2.54. The third kappa shape index (κ3) is 3.38. The second kappa shape index (κ2) is 7.07. The van der Waals surface area contributed by atoms with E-state index in [0.29, 0.717) is 13.2 Å². The van der Waals surface area contributed by atoms with Gasteiger partial charge in [-0.15, -0.1) is 0 Å². The average molecular weight is 341 g/mol. The van der Waals surface area contributed by atoms with Crippen molar-refractivity contribution in [2.75, 3.05) is 40.0 Å². The van der Waals surface area contributed by atoms with E-state index in [4.69, 9.17) is 9.47 Å². The standard InChI is InChI=1S/C19H23N3O3/c1-24-8-7-22-17-11-21(12-18(17)25-13-19(22)23)10-14-4-5-16-15(9-14)3-2-6-20-16/h2-6,9,17-18H,7-8,10-13H2,1H3/t17-,18-/m0/s1. The summed E-state index contributed by atoms with van der Waals surface area (Å²) in [4.78, 5) is 20.8. The summed E-state index contributed by atoms with van der Waals surface area (Å²) < 4.78 is 10.9. The van der Waals surface area contributed by atoms with Gasteiger partial charge < -0.3 is 14.4 Å². The molecule has 1 amide bonds. The van der Waals surface area contributed by atoms with Crippen LogP contribution in [-0.4, -0.2) is 72.8 Å². The van der Waals surface area contributed by atoms with Crippen LogP contribution in [0.15, 0.2) is 36.5 Å². The summed E-state index contributed by atoms with van der Waals surface area (Å²) in [5.74, 6) is 0.0666. The molecular formula is C19H23N3O3. The molecule has 2 aromatic rings. The number of methoxy groups -OCH3 is 1. The first-order valence-electron chi connectivity index (χ1n) is 8.70. The number of ether oxygens (including phenoxy) is 2. The van der Waals surface area contributed by atoms with Crippen LogP contribution in [0.2, 0.25) is 0 Å². The van der Waals surface area contributed by atoms with Gasteiger partial charge in [0.15, 0.2) is 0 Å². The summed E-state index contributed by atoms with van der Waals surface area (Å²) in [6, 6.07) is 10.6. The Bertz CT molecular complexity index is 766. The van der Waals surface area contributed by atoms with Gasteiger partial charge >= 0.3 is 0 Å².